The standard InChI is InChI=1S/C20H27N5O2/c1-2-12-25-13-6-9-16(14-25)19(26)23-18(15-7-4-3-5-8-15)20(27)22-17-10-11-21-24-17/h3-5,7-8,10-11,16,18H,2,6,9,12-14H2,1H3,(H,23,26)(H2,21,22,24,27). The highest BCUT2D eigenvalue weighted by Gasteiger charge is 2.30. The topological polar surface area (TPSA) is 90.1 Å². The van der Waals surface area contributed by atoms with E-state index in [1.165, 1.54) is 0 Å². The third-order valence-corrected chi connectivity index (χ3v) is 4.86. The first-order chi connectivity index (χ1) is 13.2. The smallest absolute Gasteiger partial charge is 0.252 e. The van der Waals surface area contributed by atoms with Crippen molar-refractivity contribution in [1.29, 1.82) is 0 Å². The number of rotatable bonds is 7. The predicted octanol–water partition coefficient (Wildman–Crippen LogP) is 2.33. The number of aromatic nitrogens is 2. The average Bonchev–Trinajstić information content (AvgIpc) is 3.20. The van der Waals surface area contributed by atoms with Crippen LogP contribution >= 0.6 is 0 Å². The van der Waals surface area contributed by atoms with Gasteiger partial charge in [0.05, 0.1) is 12.1 Å². The van der Waals surface area contributed by atoms with Crippen molar-refractivity contribution in [3.05, 3.63) is 48.2 Å². The van der Waals surface area contributed by atoms with Crippen molar-refractivity contribution in [2.45, 2.75) is 32.2 Å². The zero-order valence-corrected chi connectivity index (χ0v) is 15.6. The number of anilines is 1. The zero-order valence-electron chi connectivity index (χ0n) is 15.6. The molecule has 3 rings (SSSR count). The number of amides is 2. The van der Waals surface area contributed by atoms with Gasteiger partial charge in [-0.2, -0.15) is 5.10 Å². The number of likely N-dealkylation sites (tertiary alicyclic amines) is 1. The highest BCUT2D eigenvalue weighted by Crippen LogP contribution is 2.20. The van der Waals surface area contributed by atoms with Crippen molar-refractivity contribution >= 4 is 17.6 Å². The van der Waals surface area contributed by atoms with Crippen LogP contribution in [0.5, 0.6) is 0 Å². The molecule has 0 saturated carbocycles. The molecule has 1 aromatic carbocycles. The number of hydrogen-bond donors (Lipinski definition) is 3. The molecular formula is C20H27N5O2. The molecule has 144 valence electrons. The summed E-state index contributed by atoms with van der Waals surface area (Å²) in [5.41, 5.74) is 0.754. The molecule has 1 aromatic heterocycles. The largest absolute Gasteiger partial charge is 0.340 e. The van der Waals surface area contributed by atoms with Crippen LogP contribution in [0, 0.1) is 5.92 Å². The van der Waals surface area contributed by atoms with Gasteiger partial charge < -0.3 is 15.5 Å². The van der Waals surface area contributed by atoms with Crippen molar-refractivity contribution < 1.29 is 9.59 Å². The molecule has 2 amide bonds. The van der Waals surface area contributed by atoms with E-state index >= 15 is 0 Å². The van der Waals surface area contributed by atoms with Crippen molar-refractivity contribution in [2.24, 2.45) is 5.92 Å². The van der Waals surface area contributed by atoms with Crippen LogP contribution in [0.2, 0.25) is 0 Å². The molecule has 1 aliphatic rings. The fraction of sp³-hybridized carbons (Fsp3) is 0.450. The summed E-state index contributed by atoms with van der Waals surface area (Å²) in [7, 11) is 0. The molecule has 0 spiro atoms. The summed E-state index contributed by atoms with van der Waals surface area (Å²) in [6.45, 7) is 4.95. The second-order valence-electron chi connectivity index (χ2n) is 6.95. The number of aromatic amines is 1. The van der Waals surface area contributed by atoms with E-state index in [1.807, 2.05) is 30.3 Å². The Kier molecular flexibility index (Phi) is 6.59. The average molecular weight is 369 g/mol. The normalized spacial score (nSPS) is 18.6. The molecule has 1 aliphatic heterocycles. The summed E-state index contributed by atoms with van der Waals surface area (Å²) in [5, 5.41) is 12.3. The Balaban J connectivity index is 1.71. The van der Waals surface area contributed by atoms with Crippen molar-refractivity contribution in [3.8, 4) is 0 Å². The second kappa shape index (κ2) is 9.32. The Morgan fingerprint density at radius 1 is 1.30 bits per heavy atom. The van der Waals surface area contributed by atoms with Crippen LogP contribution in [0.25, 0.3) is 0 Å². The molecule has 2 atom stereocenters. The van der Waals surface area contributed by atoms with E-state index in [9.17, 15) is 9.59 Å². The third kappa shape index (κ3) is 5.17. The number of carbonyl (C=O) groups excluding carboxylic acids is 2. The first-order valence-corrected chi connectivity index (χ1v) is 9.55. The Morgan fingerprint density at radius 2 is 2.11 bits per heavy atom. The first-order valence-electron chi connectivity index (χ1n) is 9.55. The summed E-state index contributed by atoms with van der Waals surface area (Å²) in [5.74, 6) is 0.0582. The van der Waals surface area contributed by atoms with Crippen LogP contribution < -0.4 is 10.6 Å². The van der Waals surface area contributed by atoms with E-state index in [1.54, 1.807) is 12.3 Å². The summed E-state index contributed by atoms with van der Waals surface area (Å²) in [4.78, 5) is 28.0. The lowest BCUT2D eigenvalue weighted by Crippen LogP contribution is -2.46. The highest BCUT2D eigenvalue weighted by atomic mass is 16.2. The van der Waals surface area contributed by atoms with Gasteiger partial charge in [-0.15, -0.1) is 0 Å². The fourth-order valence-electron chi connectivity index (χ4n) is 3.53. The van der Waals surface area contributed by atoms with Crippen LogP contribution in [0.4, 0.5) is 5.82 Å². The predicted molar refractivity (Wildman–Crippen MR) is 104 cm³/mol. The Labute approximate surface area is 159 Å². The maximum atomic E-state index is 12.9. The van der Waals surface area contributed by atoms with Crippen molar-refractivity contribution in [2.75, 3.05) is 25.0 Å². The van der Waals surface area contributed by atoms with Crippen molar-refractivity contribution in [3.63, 3.8) is 0 Å². The molecule has 0 aliphatic carbocycles. The van der Waals surface area contributed by atoms with Gasteiger partial charge in [0.25, 0.3) is 5.91 Å². The number of hydrogen-bond acceptors (Lipinski definition) is 4. The Morgan fingerprint density at radius 3 is 2.81 bits per heavy atom. The Hall–Kier alpha value is -2.67. The third-order valence-electron chi connectivity index (χ3n) is 4.86. The van der Waals surface area contributed by atoms with Crippen molar-refractivity contribution in [1.82, 2.24) is 20.4 Å². The summed E-state index contributed by atoms with van der Waals surface area (Å²) >= 11 is 0. The van der Waals surface area contributed by atoms with Gasteiger partial charge in [0.1, 0.15) is 11.9 Å². The van der Waals surface area contributed by atoms with Crippen LogP contribution in [-0.2, 0) is 9.59 Å². The molecule has 1 saturated heterocycles. The number of carbonyl (C=O) groups is 2. The highest BCUT2D eigenvalue weighted by molar-refractivity contribution is 5.97. The number of nitrogens with zero attached hydrogens (tertiary/aromatic N) is 2. The minimum atomic E-state index is -0.747. The summed E-state index contributed by atoms with van der Waals surface area (Å²) in [6.07, 6.45) is 4.51. The van der Waals surface area contributed by atoms with Crippen LogP contribution in [0.1, 0.15) is 37.8 Å². The quantitative estimate of drug-likeness (QED) is 0.699. The lowest BCUT2D eigenvalue weighted by Gasteiger charge is -2.32. The van der Waals surface area contributed by atoms with E-state index in [4.69, 9.17) is 0 Å². The summed E-state index contributed by atoms with van der Waals surface area (Å²) in [6, 6.07) is 10.2. The molecule has 0 radical (unpaired) electrons. The summed E-state index contributed by atoms with van der Waals surface area (Å²) < 4.78 is 0. The number of piperidine rings is 1. The van der Waals surface area contributed by atoms with Crippen LogP contribution in [0.3, 0.4) is 0 Å². The lowest BCUT2D eigenvalue weighted by molar-refractivity contribution is -0.130. The number of nitrogens with one attached hydrogen (secondary N) is 3. The second-order valence-corrected chi connectivity index (χ2v) is 6.95. The van der Waals surface area contributed by atoms with E-state index in [-0.39, 0.29) is 17.7 Å². The molecular weight excluding hydrogens is 342 g/mol. The first kappa shape index (κ1) is 19.1. The van der Waals surface area contributed by atoms with E-state index < -0.39 is 6.04 Å². The number of H-pyrrole nitrogens is 1. The van der Waals surface area contributed by atoms with Gasteiger partial charge in [-0.3, -0.25) is 14.7 Å². The SMILES string of the molecule is CCCN1CCCC(C(=O)NC(C(=O)Nc2ccn[nH]2)c2ccccc2)C1. The fourth-order valence-corrected chi connectivity index (χ4v) is 3.53. The van der Waals surface area contributed by atoms with Crippen LogP contribution in [0.15, 0.2) is 42.6 Å². The molecule has 27 heavy (non-hydrogen) atoms. The maximum Gasteiger partial charge on any atom is 0.252 e. The molecule has 2 aromatic rings. The Bertz CT molecular complexity index is 730. The van der Waals surface area contributed by atoms with Gasteiger partial charge in [-0.25, -0.2) is 0 Å². The van der Waals surface area contributed by atoms with E-state index in [0.717, 1.165) is 44.5 Å². The van der Waals surface area contributed by atoms with Gasteiger partial charge in [-0.05, 0) is 37.9 Å². The zero-order chi connectivity index (χ0) is 19.1. The maximum absolute atomic E-state index is 12.9. The molecule has 1 fully saturated rings. The van der Waals surface area contributed by atoms with E-state index in [2.05, 4.69) is 32.7 Å². The lowest BCUT2D eigenvalue weighted by atomic mass is 9.96. The van der Waals surface area contributed by atoms with Gasteiger partial charge in [0.15, 0.2) is 0 Å². The van der Waals surface area contributed by atoms with Gasteiger partial charge >= 0.3 is 0 Å². The van der Waals surface area contributed by atoms with Crippen LogP contribution in [-0.4, -0.2) is 46.5 Å². The minimum absolute atomic E-state index is 0.0654. The molecule has 7 nitrogen and oxygen atoms in total. The van der Waals surface area contributed by atoms with E-state index in [0.29, 0.717) is 5.82 Å². The monoisotopic (exact) mass is 369 g/mol. The van der Waals surface area contributed by atoms with Gasteiger partial charge in [0, 0.05) is 12.6 Å². The number of benzene rings is 1. The molecule has 7 heteroatoms. The molecule has 2 heterocycles. The van der Waals surface area contributed by atoms with Gasteiger partial charge in [-0.1, -0.05) is 37.3 Å². The molecule has 3 N–H and O–H groups in total. The van der Waals surface area contributed by atoms with Gasteiger partial charge in [0.2, 0.25) is 5.91 Å². The minimum Gasteiger partial charge on any atom is -0.340 e. The molecule has 0 bridgehead atoms. The molecule has 2 unspecified atom stereocenters.